The third-order valence-electron chi connectivity index (χ3n) is 2.31. The van der Waals surface area contributed by atoms with Crippen LogP contribution in [0.2, 0.25) is 0 Å². The van der Waals surface area contributed by atoms with Gasteiger partial charge in [0.1, 0.15) is 12.4 Å². The van der Waals surface area contributed by atoms with Crippen LogP contribution in [0.1, 0.15) is 11.3 Å². The molecule has 2 rings (SSSR count). The number of hydrogen-bond acceptors (Lipinski definition) is 6. The Morgan fingerprint density at radius 2 is 2.11 bits per heavy atom. The summed E-state index contributed by atoms with van der Waals surface area (Å²) in [5.41, 5.74) is 7.93. The van der Waals surface area contributed by atoms with Crippen molar-refractivity contribution >= 4 is 23.0 Å². The number of anilines is 1. The number of rotatable bonds is 6. The van der Waals surface area contributed by atoms with Gasteiger partial charge < -0.3 is 15.2 Å². The second-order valence-corrected chi connectivity index (χ2v) is 4.77. The summed E-state index contributed by atoms with van der Waals surface area (Å²) in [4.78, 5) is 16.3. The summed E-state index contributed by atoms with van der Waals surface area (Å²) >= 11 is 1.46. The van der Waals surface area contributed by atoms with E-state index in [-0.39, 0.29) is 25.6 Å². The summed E-state index contributed by atoms with van der Waals surface area (Å²) in [5.74, 6) is 0.397. The largest absolute Gasteiger partial charge is 0.493 e. The fraction of sp³-hybridized carbons (Fsp3) is 0.231. The summed E-state index contributed by atoms with van der Waals surface area (Å²) in [6, 6.07) is 7.02. The van der Waals surface area contributed by atoms with Crippen molar-refractivity contribution in [3.8, 4) is 5.75 Å². The van der Waals surface area contributed by atoms with E-state index in [9.17, 15) is 4.79 Å². The maximum absolute atomic E-state index is 11.4. The van der Waals surface area contributed by atoms with Gasteiger partial charge >= 0.3 is 5.97 Å². The molecule has 0 saturated heterocycles. The van der Waals surface area contributed by atoms with Gasteiger partial charge in [0.2, 0.25) is 0 Å². The standard InChI is InChI=1S/C13H14N2O3S/c14-10-1-3-11(4-2-10)17-6-5-13(16)18-8-12-7-15-9-19-12/h1-4,7,9H,5-6,8,14H2. The predicted molar refractivity (Wildman–Crippen MR) is 72.9 cm³/mol. The first kappa shape index (κ1) is 13.4. The van der Waals surface area contributed by atoms with Crippen LogP contribution in [0.3, 0.4) is 0 Å². The van der Waals surface area contributed by atoms with Crippen LogP contribution in [0, 0.1) is 0 Å². The number of hydrogen-bond donors (Lipinski definition) is 1. The van der Waals surface area contributed by atoms with E-state index in [2.05, 4.69) is 4.98 Å². The minimum atomic E-state index is -0.288. The highest BCUT2D eigenvalue weighted by Gasteiger charge is 2.05. The van der Waals surface area contributed by atoms with E-state index in [1.54, 1.807) is 36.0 Å². The third kappa shape index (κ3) is 4.59. The van der Waals surface area contributed by atoms with E-state index in [1.165, 1.54) is 11.3 Å². The Kier molecular flexibility index (Phi) is 4.74. The molecule has 0 saturated carbocycles. The first-order valence-corrected chi connectivity index (χ1v) is 6.63. The minimum Gasteiger partial charge on any atom is -0.493 e. The van der Waals surface area contributed by atoms with Gasteiger partial charge in [0, 0.05) is 11.9 Å². The average molecular weight is 278 g/mol. The highest BCUT2D eigenvalue weighted by molar-refractivity contribution is 7.09. The lowest BCUT2D eigenvalue weighted by atomic mass is 10.3. The lowest BCUT2D eigenvalue weighted by Crippen LogP contribution is -2.09. The van der Waals surface area contributed by atoms with Gasteiger partial charge in [-0.25, -0.2) is 0 Å². The van der Waals surface area contributed by atoms with Crippen molar-refractivity contribution in [3.63, 3.8) is 0 Å². The molecule has 0 aliphatic rings. The Morgan fingerprint density at radius 3 is 2.79 bits per heavy atom. The number of aromatic nitrogens is 1. The topological polar surface area (TPSA) is 74.4 Å². The SMILES string of the molecule is Nc1ccc(OCCC(=O)OCc2cncs2)cc1. The number of nitrogens with zero attached hydrogens (tertiary/aromatic N) is 1. The summed E-state index contributed by atoms with van der Waals surface area (Å²) < 4.78 is 10.5. The molecular formula is C13H14N2O3S. The quantitative estimate of drug-likeness (QED) is 0.648. The first-order valence-electron chi connectivity index (χ1n) is 5.75. The normalized spacial score (nSPS) is 10.1. The second-order valence-electron chi connectivity index (χ2n) is 3.80. The molecule has 0 atom stereocenters. The number of carbonyl (C=O) groups is 1. The second kappa shape index (κ2) is 6.75. The first-order chi connectivity index (χ1) is 9.24. The van der Waals surface area contributed by atoms with Crippen LogP contribution in [-0.4, -0.2) is 17.6 Å². The van der Waals surface area contributed by atoms with E-state index in [4.69, 9.17) is 15.2 Å². The summed E-state index contributed by atoms with van der Waals surface area (Å²) in [7, 11) is 0. The molecule has 0 bridgehead atoms. The minimum absolute atomic E-state index is 0.211. The molecule has 0 spiro atoms. The Bertz CT molecular complexity index is 511. The number of benzene rings is 1. The predicted octanol–water partition coefficient (Wildman–Crippen LogP) is 2.24. The highest BCUT2D eigenvalue weighted by atomic mass is 32.1. The van der Waals surface area contributed by atoms with Gasteiger partial charge in [0.05, 0.1) is 23.4 Å². The van der Waals surface area contributed by atoms with E-state index in [1.807, 2.05) is 0 Å². The summed E-state index contributed by atoms with van der Waals surface area (Å²) in [6.45, 7) is 0.552. The molecule has 0 radical (unpaired) electrons. The van der Waals surface area contributed by atoms with Crippen molar-refractivity contribution in [1.29, 1.82) is 0 Å². The van der Waals surface area contributed by atoms with Crippen molar-refractivity contribution in [2.75, 3.05) is 12.3 Å². The number of esters is 1. The van der Waals surface area contributed by atoms with Gasteiger partial charge in [-0.05, 0) is 24.3 Å². The molecule has 0 aliphatic heterocycles. The van der Waals surface area contributed by atoms with Gasteiger partial charge in [0.15, 0.2) is 0 Å². The number of nitrogen functional groups attached to an aromatic ring is 1. The van der Waals surface area contributed by atoms with Gasteiger partial charge in [-0.2, -0.15) is 0 Å². The average Bonchev–Trinajstić information content (AvgIpc) is 2.92. The zero-order valence-electron chi connectivity index (χ0n) is 10.2. The molecule has 6 heteroatoms. The Labute approximate surface area is 115 Å². The molecule has 2 N–H and O–H groups in total. The van der Waals surface area contributed by atoms with Crippen molar-refractivity contribution in [3.05, 3.63) is 40.8 Å². The number of nitrogens with two attached hydrogens (primary N) is 1. The maximum atomic E-state index is 11.4. The van der Waals surface area contributed by atoms with Crippen LogP contribution < -0.4 is 10.5 Å². The van der Waals surface area contributed by atoms with Gasteiger partial charge in [-0.3, -0.25) is 9.78 Å². The third-order valence-corrected chi connectivity index (χ3v) is 3.07. The van der Waals surface area contributed by atoms with E-state index in [0.29, 0.717) is 11.4 Å². The van der Waals surface area contributed by atoms with Gasteiger partial charge in [0.25, 0.3) is 0 Å². The zero-order valence-corrected chi connectivity index (χ0v) is 11.1. The monoisotopic (exact) mass is 278 g/mol. The Hall–Kier alpha value is -2.08. The smallest absolute Gasteiger partial charge is 0.309 e. The zero-order chi connectivity index (χ0) is 13.5. The Balaban J connectivity index is 1.65. The van der Waals surface area contributed by atoms with Crippen molar-refractivity contribution in [2.45, 2.75) is 13.0 Å². The van der Waals surface area contributed by atoms with Crippen molar-refractivity contribution in [2.24, 2.45) is 0 Å². The summed E-state index contributed by atoms with van der Waals surface area (Å²) in [6.07, 6.45) is 1.89. The highest BCUT2D eigenvalue weighted by Crippen LogP contribution is 2.13. The van der Waals surface area contributed by atoms with Crippen LogP contribution >= 0.6 is 11.3 Å². The molecule has 0 aliphatic carbocycles. The molecule has 2 aromatic rings. The van der Waals surface area contributed by atoms with E-state index in [0.717, 1.165) is 4.88 Å². The molecular weight excluding hydrogens is 264 g/mol. The van der Waals surface area contributed by atoms with Gasteiger partial charge in [-0.1, -0.05) is 0 Å². The van der Waals surface area contributed by atoms with Gasteiger partial charge in [-0.15, -0.1) is 11.3 Å². The van der Waals surface area contributed by atoms with Crippen molar-refractivity contribution in [1.82, 2.24) is 4.98 Å². The fourth-order valence-electron chi connectivity index (χ4n) is 1.35. The van der Waals surface area contributed by atoms with Crippen LogP contribution in [0.4, 0.5) is 5.69 Å². The molecule has 0 fully saturated rings. The number of carbonyl (C=O) groups excluding carboxylic acids is 1. The van der Waals surface area contributed by atoms with E-state index >= 15 is 0 Å². The summed E-state index contributed by atoms with van der Waals surface area (Å²) in [5, 5.41) is 0. The van der Waals surface area contributed by atoms with Crippen LogP contribution in [0.25, 0.3) is 0 Å². The molecule has 19 heavy (non-hydrogen) atoms. The van der Waals surface area contributed by atoms with Crippen LogP contribution in [0.5, 0.6) is 5.75 Å². The number of thiazole rings is 1. The lowest BCUT2D eigenvalue weighted by Gasteiger charge is -2.06. The molecule has 1 aromatic carbocycles. The maximum Gasteiger partial charge on any atom is 0.309 e. The van der Waals surface area contributed by atoms with E-state index < -0.39 is 0 Å². The van der Waals surface area contributed by atoms with Crippen LogP contribution in [0.15, 0.2) is 36.0 Å². The molecule has 1 aromatic heterocycles. The van der Waals surface area contributed by atoms with Crippen LogP contribution in [-0.2, 0) is 16.1 Å². The molecule has 1 heterocycles. The fourth-order valence-corrected chi connectivity index (χ4v) is 1.86. The van der Waals surface area contributed by atoms with Crippen molar-refractivity contribution < 1.29 is 14.3 Å². The molecule has 0 unspecified atom stereocenters. The molecule has 0 amide bonds. The Morgan fingerprint density at radius 1 is 1.32 bits per heavy atom. The molecule has 100 valence electrons. The number of ether oxygens (including phenoxy) is 2. The molecule has 5 nitrogen and oxygen atoms in total. The lowest BCUT2D eigenvalue weighted by molar-refractivity contribution is -0.145.